The van der Waals surface area contributed by atoms with Gasteiger partial charge in [-0.2, -0.15) is 0 Å². The fourth-order valence-electron chi connectivity index (χ4n) is 7.57. The van der Waals surface area contributed by atoms with Gasteiger partial charge in [-0.25, -0.2) is 0 Å². The summed E-state index contributed by atoms with van der Waals surface area (Å²) >= 11 is 0. The molecular weight excluding hydrogens is 904 g/mol. The highest BCUT2D eigenvalue weighted by molar-refractivity contribution is 5.80. The number of hydrogen-bond acceptors (Lipinski definition) is 14. The van der Waals surface area contributed by atoms with E-state index in [0.717, 1.165) is 0 Å². The summed E-state index contributed by atoms with van der Waals surface area (Å²) in [7, 11) is 0. The molecule has 0 atom stereocenters. The summed E-state index contributed by atoms with van der Waals surface area (Å²) in [6, 6.07) is 0. The molecule has 0 saturated carbocycles. The minimum absolute atomic E-state index is 0.476. The molecular formula is C40H60N4O23. The summed E-state index contributed by atoms with van der Waals surface area (Å²) in [4.78, 5) is 157. The van der Waals surface area contributed by atoms with Gasteiger partial charge >= 0.3 is 53.7 Å². The van der Waals surface area contributed by atoms with Gasteiger partial charge in [-0.3, -0.25) is 67.6 Å². The third-order valence-corrected chi connectivity index (χ3v) is 11.4. The first-order chi connectivity index (χ1) is 31.0. The molecule has 0 spiro atoms. The number of carboxylic acids is 9. The van der Waals surface area contributed by atoms with Crippen molar-refractivity contribution in [1.29, 1.82) is 0 Å². The Bertz CT molecular complexity index is 1500. The Labute approximate surface area is 381 Å². The topological polar surface area (TPSA) is 466 Å². The summed E-state index contributed by atoms with van der Waals surface area (Å²) in [5.41, 5.74) is -7.81. The Balaban J connectivity index is 7.27. The van der Waals surface area contributed by atoms with Gasteiger partial charge in [0.05, 0.1) is 0 Å². The molecule has 0 aromatic carbocycles. The SMILES string of the molecule is O=C(O)CCC(CCC(=O)O)(CCC(=O)O)NC(=O)CCC(CCC(=O)NC(CCC(=O)O)(CCC(=O)O)CCC(=O)O)(CCC(=O)NC(CCC(=O)O)(CCC(=O)O)CCC(=O)O)[N+](=O)[O-]. The minimum Gasteiger partial charge on any atom is -0.481 e. The monoisotopic (exact) mass is 964 g/mol. The molecule has 67 heavy (non-hydrogen) atoms. The number of hydrogen-bond donors (Lipinski definition) is 12. The number of nitrogens with one attached hydrogen (secondary N) is 3. The molecule has 12 N–H and O–H groups in total. The lowest BCUT2D eigenvalue weighted by atomic mass is 9.81. The largest absolute Gasteiger partial charge is 0.481 e. The van der Waals surface area contributed by atoms with E-state index in [1.165, 1.54) is 0 Å². The van der Waals surface area contributed by atoms with Crippen molar-refractivity contribution < 1.29 is 108 Å². The fraction of sp³-hybridized carbons (Fsp3) is 0.700. The van der Waals surface area contributed by atoms with Crippen LogP contribution in [-0.2, 0) is 57.5 Å². The van der Waals surface area contributed by atoms with Gasteiger partial charge in [-0.15, -0.1) is 0 Å². The average molecular weight is 965 g/mol. The van der Waals surface area contributed by atoms with Gasteiger partial charge in [0.15, 0.2) is 0 Å². The Morgan fingerprint density at radius 1 is 0.299 bits per heavy atom. The van der Waals surface area contributed by atoms with Crippen LogP contribution in [0.15, 0.2) is 0 Å². The summed E-state index contributed by atoms with van der Waals surface area (Å²) in [5.74, 6) is -15.8. The maximum absolute atomic E-state index is 13.7. The molecule has 0 heterocycles. The molecule has 0 aromatic heterocycles. The number of carbonyl (C=O) groups is 12. The zero-order valence-corrected chi connectivity index (χ0v) is 36.7. The number of amides is 3. The highest BCUT2D eigenvalue weighted by Gasteiger charge is 2.45. The van der Waals surface area contributed by atoms with Gasteiger partial charge < -0.3 is 61.9 Å². The second-order valence-electron chi connectivity index (χ2n) is 16.5. The van der Waals surface area contributed by atoms with E-state index in [4.69, 9.17) is 0 Å². The third kappa shape index (κ3) is 25.9. The standard InChI is InChI=1S/C40H60N4O23/c45-25(41-37(13-4-28(48)49,14-5-29(50)51)15-6-30(52)53)1-22-40(44(66)67,23-2-26(46)42-38(16-7-31(54)55,17-8-32(56)57)18-9-33(58)59)24-3-27(47)43-39(19-10-34(60)61,20-11-35(62)63)21-12-36(64)65/h1-24H2,(H,41,45)(H,42,46)(H,43,47)(H,48,49)(H,50,51)(H,52,53)(H,54,55)(H,56,57)(H,58,59)(H,60,61)(H,62,63)(H,64,65). The Hall–Kier alpha value is -6.96. The van der Waals surface area contributed by atoms with Crippen LogP contribution in [0.2, 0.25) is 0 Å². The highest BCUT2D eigenvalue weighted by Crippen LogP contribution is 2.33. The second kappa shape index (κ2) is 28.8. The molecule has 27 nitrogen and oxygen atoms in total. The van der Waals surface area contributed by atoms with Crippen molar-refractivity contribution in [3.63, 3.8) is 0 Å². The zero-order valence-electron chi connectivity index (χ0n) is 36.7. The first kappa shape index (κ1) is 60.0. The van der Waals surface area contributed by atoms with E-state index < -0.39 is 253 Å². The predicted molar refractivity (Wildman–Crippen MR) is 222 cm³/mol. The molecule has 0 unspecified atom stereocenters. The fourth-order valence-corrected chi connectivity index (χ4v) is 7.57. The summed E-state index contributed by atoms with van der Waals surface area (Å²) in [6.45, 7) is 0. The van der Waals surface area contributed by atoms with Gasteiger partial charge in [0.1, 0.15) is 0 Å². The highest BCUT2D eigenvalue weighted by atomic mass is 16.6. The van der Waals surface area contributed by atoms with Crippen molar-refractivity contribution in [2.45, 2.75) is 176 Å². The molecule has 0 bridgehead atoms. The zero-order chi connectivity index (χ0) is 51.6. The molecule has 0 radical (unpaired) electrons. The van der Waals surface area contributed by atoms with Gasteiger partial charge in [0, 0.05) is 118 Å². The molecule has 0 saturated heterocycles. The Kier molecular flexibility index (Phi) is 25.8. The van der Waals surface area contributed by atoms with Gasteiger partial charge in [0.25, 0.3) is 0 Å². The summed E-state index contributed by atoms with van der Waals surface area (Å²) < 4.78 is 0. The van der Waals surface area contributed by atoms with Crippen LogP contribution in [0, 0.1) is 10.1 Å². The Morgan fingerprint density at radius 2 is 0.448 bits per heavy atom. The average Bonchev–Trinajstić information content (AvgIpc) is 3.21. The van der Waals surface area contributed by atoms with Gasteiger partial charge in [-0.05, 0) is 57.8 Å². The number of nitrogens with zero attached hydrogens (tertiary/aromatic N) is 1. The van der Waals surface area contributed by atoms with E-state index in [1.807, 2.05) is 0 Å². The van der Waals surface area contributed by atoms with Crippen LogP contribution < -0.4 is 16.0 Å². The van der Waals surface area contributed by atoms with E-state index >= 15 is 0 Å². The minimum atomic E-state index is -2.48. The lowest BCUT2D eigenvalue weighted by molar-refractivity contribution is -0.573. The predicted octanol–water partition coefficient (Wildman–Crippen LogP) is 1.69. The van der Waals surface area contributed by atoms with Crippen LogP contribution in [0.3, 0.4) is 0 Å². The van der Waals surface area contributed by atoms with Crippen LogP contribution in [0.1, 0.15) is 154 Å². The lowest BCUT2D eigenvalue weighted by Crippen LogP contribution is -2.52. The van der Waals surface area contributed by atoms with Crippen molar-refractivity contribution in [3.05, 3.63) is 10.1 Å². The Morgan fingerprint density at radius 3 is 0.567 bits per heavy atom. The first-order valence-corrected chi connectivity index (χ1v) is 21.0. The van der Waals surface area contributed by atoms with E-state index in [1.54, 1.807) is 0 Å². The molecule has 378 valence electrons. The molecule has 3 amide bonds. The smallest absolute Gasteiger partial charge is 0.303 e. The van der Waals surface area contributed by atoms with Crippen molar-refractivity contribution in [2.75, 3.05) is 0 Å². The molecule has 27 heteroatoms. The van der Waals surface area contributed by atoms with Crippen molar-refractivity contribution in [1.82, 2.24) is 16.0 Å². The van der Waals surface area contributed by atoms with Crippen LogP contribution in [-0.4, -0.2) is 144 Å². The lowest BCUT2D eigenvalue weighted by Gasteiger charge is -2.36. The van der Waals surface area contributed by atoms with Crippen LogP contribution in [0.5, 0.6) is 0 Å². The normalized spacial score (nSPS) is 11.7. The van der Waals surface area contributed by atoms with Crippen LogP contribution in [0.4, 0.5) is 0 Å². The second-order valence-corrected chi connectivity index (χ2v) is 16.5. The van der Waals surface area contributed by atoms with Gasteiger partial charge in [-0.1, -0.05) is 0 Å². The molecule has 0 aromatic rings. The molecule has 0 rings (SSSR count). The van der Waals surface area contributed by atoms with Crippen molar-refractivity contribution in [3.8, 4) is 0 Å². The number of carboxylic acid groups (broad SMARTS) is 9. The quantitative estimate of drug-likeness (QED) is 0.0307. The van der Waals surface area contributed by atoms with Gasteiger partial charge in [0.2, 0.25) is 23.3 Å². The van der Waals surface area contributed by atoms with E-state index in [-0.39, 0.29) is 0 Å². The van der Waals surface area contributed by atoms with Crippen molar-refractivity contribution >= 4 is 71.4 Å². The molecule has 0 fully saturated rings. The number of aliphatic carboxylic acids is 9. The van der Waals surface area contributed by atoms with Crippen molar-refractivity contribution in [2.24, 2.45) is 0 Å². The first-order valence-electron chi connectivity index (χ1n) is 21.0. The molecule has 0 aliphatic carbocycles. The summed E-state index contributed by atoms with van der Waals surface area (Å²) in [5, 5.41) is 105. The number of nitro groups is 1. The maximum Gasteiger partial charge on any atom is 0.303 e. The van der Waals surface area contributed by atoms with E-state index in [2.05, 4.69) is 16.0 Å². The van der Waals surface area contributed by atoms with Crippen LogP contribution in [0.25, 0.3) is 0 Å². The van der Waals surface area contributed by atoms with E-state index in [0.29, 0.717) is 0 Å². The number of carbonyl (C=O) groups excluding carboxylic acids is 3. The van der Waals surface area contributed by atoms with E-state index in [9.17, 15) is 114 Å². The maximum atomic E-state index is 13.7. The molecule has 0 aliphatic heterocycles. The van der Waals surface area contributed by atoms with Crippen LogP contribution >= 0.6 is 0 Å². The third-order valence-electron chi connectivity index (χ3n) is 11.4. The summed E-state index contributed by atoms with van der Waals surface area (Å²) in [6.07, 6.45) is -15.5. The molecule has 0 aliphatic rings. The number of rotatable bonds is 40.